The predicted molar refractivity (Wildman–Crippen MR) is 75.0 cm³/mol. The van der Waals surface area contributed by atoms with Crippen LogP contribution in [-0.2, 0) is 0 Å². The lowest BCUT2D eigenvalue weighted by molar-refractivity contribution is 0.309. The van der Waals surface area contributed by atoms with Crippen LogP contribution in [0.25, 0.3) is 0 Å². The molecule has 0 fully saturated rings. The van der Waals surface area contributed by atoms with Gasteiger partial charge in [-0.3, -0.25) is 11.3 Å². The molecule has 18 heavy (non-hydrogen) atoms. The Morgan fingerprint density at radius 1 is 1.39 bits per heavy atom. The number of hydrogen-bond donors (Lipinski definition) is 2. The number of nitrogens with two attached hydrogens (primary N) is 1. The zero-order valence-electron chi connectivity index (χ0n) is 11.0. The number of terminal acetylenes is 1. The molecule has 0 aliphatic carbocycles. The van der Waals surface area contributed by atoms with Crippen LogP contribution in [0, 0.1) is 12.3 Å². The third kappa shape index (κ3) is 4.79. The summed E-state index contributed by atoms with van der Waals surface area (Å²) in [7, 11) is 0. The Balaban J connectivity index is 2.54. The van der Waals surface area contributed by atoms with Gasteiger partial charge in [-0.1, -0.05) is 25.5 Å². The Hall–Kier alpha value is -1.50. The molecule has 1 aromatic carbocycles. The van der Waals surface area contributed by atoms with Crippen molar-refractivity contribution in [1.82, 2.24) is 5.43 Å². The van der Waals surface area contributed by atoms with Gasteiger partial charge in [0.05, 0.1) is 6.61 Å². The van der Waals surface area contributed by atoms with E-state index in [4.69, 9.17) is 17.0 Å². The minimum Gasteiger partial charge on any atom is -0.494 e. The van der Waals surface area contributed by atoms with Gasteiger partial charge < -0.3 is 4.74 Å². The molecule has 0 bridgehead atoms. The molecular weight excluding hydrogens is 224 g/mol. The standard InChI is InChI=1S/C15H22N2O/c1-3-5-7-15(17-16)13-8-10-14(11-9-13)18-12-6-4-2/h1,8-11,15,17H,4-7,12,16H2,2H3. The zero-order chi connectivity index (χ0) is 13.2. The largest absolute Gasteiger partial charge is 0.494 e. The Labute approximate surface area is 110 Å². The van der Waals surface area contributed by atoms with E-state index in [1.165, 1.54) is 0 Å². The lowest BCUT2D eigenvalue weighted by Crippen LogP contribution is -2.27. The first-order chi connectivity index (χ1) is 8.81. The summed E-state index contributed by atoms with van der Waals surface area (Å²) in [4.78, 5) is 0. The summed E-state index contributed by atoms with van der Waals surface area (Å²) in [5, 5.41) is 0. The van der Waals surface area contributed by atoms with Crippen molar-refractivity contribution in [3.63, 3.8) is 0 Å². The van der Waals surface area contributed by atoms with Crippen molar-refractivity contribution in [3.05, 3.63) is 29.8 Å². The van der Waals surface area contributed by atoms with Gasteiger partial charge >= 0.3 is 0 Å². The van der Waals surface area contributed by atoms with Crippen molar-refractivity contribution >= 4 is 0 Å². The number of ether oxygens (including phenoxy) is 1. The van der Waals surface area contributed by atoms with Crippen LogP contribution in [-0.4, -0.2) is 6.61 Å². The fourth-order valence-electron chi connectivity index (χ4n) is 1.70. The highest BCUT2D eigenvalue weighted by Gasteiger charge is 2.08. The van der Waals surface area contributed by atoms with Crippen LogP contribution in [0.1, 0.15) is 44.2 Å². The fraction of sp³-hybridized carbons (Fsp3) is 0.467. The Morgan fingerprint density at radius 3 is 2.67 bits per heavy atom. The van der Waals surface area contributed by atoms with Gasteiger partial charge in [-0.05, 0) is 30.5 Å². The number of nitrogens with one attached hydrogen (secondary N) is 1. The van der Waals surface area contributed by atoms with E-state index in [0.717, 1.165) is 37.2 Å². The van der Waals surface area contributed by atoms with Crippen LogP contribution in [0.3, 0.4) is 0 Å². The molecule has 0 saturated heterocycles. The van der Waals surface area contributed by atoms with E-state index in [1.807, 2.05) is 24.3 Å². The van der Waals surface area contributed by atoms with Gasteiger partial charge in [0.25, 0.3) is 0 Å². The summed E-state index contributed by atoms with van der Waals surface area (Å²) in [6.45, 7) is 2.92. The molecule has 3 N–H and O–H groups in total. The van der Waals surface area contributed by atoms with Gasteiger partial charge in [0, 0.05) is 12.5 Å². The topological polar surface area (TPSA) is 47.3 Å². The summed E-state index contributed by atoms with van der Waals surface area (Å²) >= 11 is 0. The zero-order valence-corrected chi connectivity index (χ0v) is 11.0. The number of hydrazine groups is 1. The van der Waals surface area contributed by atoms with Gasteiger partial charge in [-0.2, -0.15) is 0 Å². The third-order valence-electron chi connectivity index (χ3n) is 2.83. The Bertz CT molecular complexity index is 367. The van der Waals surface area contributed by atoms with E-state index >= 15 is 0 Å². The maximum absolute atomic E-state index is 5.61. The molecule has 0 radical (unpaired) electrons. The summed E-state index contributed by atoms with van der Waals surface area (Å²) < 4.78 is 5.61. The first-order valence-electron chi connectivity index (χ1n) is 6.44. The van der Waals surface area contributed by atoms with E-state index in [1.54, 1.807) is 0 Å². The van der Waals surface area contributed by atoms with Crippen LogP contribution in [0.2, 0.25) is 0 Å². The van der Waals surface area contributed by atoms with Gasteiger partial charge in [-0.15, -0.1) is 12.3 Å². The molecule has 1 unspecified atom stereocenters. The van der Waals surface area contributed by atoms with Gasteiger partial charge in [0.15, 0.2) is 0 Å². The fourth-order valence-corrected chi connectivity index (χ4v) is 1.70. The number of unbranched alkanes of at least 4 members (excludes halogenated alkanes) is 1. The maximum atomic E-state index is 5.61. The highest BCUT2D eigenvalue weighted by molar-refractivity contribution is 5.29. The minimum absolute atomic E-state index is 0.103. The maximum Gasteiger partial charge on any atom is 0.119 e. The van der Waals surface area contributed by atoms with Crippen LogP contribution in [0.4, 0.5) is 0 Å². The lowest BCUT2D eigenvalue weighted by atomic mass is 10.0. The lowest BCUT2D eigenvalue weighted by Gasteiger charge is -2.15. The van der Waals surface area contributed by atoms with Crippen LogP contribution in [0.5, 0.6) is 5.75 Å². The first kappa shape index (κ1) is 14.6. The second-order valence-electron chi connectivity index (χ2n) is 4.23. The van der Waals surface area contributed by atoms with Gasteiger partial charge in [-0.25, -0.2) is 0 Å². The molecule has 0 saturated carbocycles. The second kappa shape index (κ2) is 8.57. The molecule has 1 aromatic rings. The van der Waals surface area contributed by atoms with E-state index in [-0.39, 0.29) is 6.04 Å². The van der Waals surface area contributed by atoms with Crippen molar-refractivity contribution in [2.45, 2.75) is 38.6 Å². The van der Waals surface area contributed by atoms with Crippen molar-refractivity contribution in [2.75, 3.05) is 6.61 Å². The van der Waals surface area contributed by atoms with Crippen molar-refractivity contribution in [2.24, 2.45) is 5.84 Å². The first-order valence-corrected chi connectivity index (χ1v) is 6.44. The Morgan fingerprint density at radius 2 is 2.11 bits per heavy atom. The SMILES string of the molecule is C#CCCC(NN)c1ccc(OCCCC)cc1. The number of benzene rings is 1. The smallest absolute Gasteiger partial charge is 0.119 e. The summed E-state index contributed by atoms with van der Waals surface area (Å²) in [5.41, 5.74) is 3.92. The molecule has 0 aromatic heterocycles. The Kier molecular flexibility index (Phi) is 6.93. The van der Waals surface area contributed by atoms with Gasteiger partial charge in [0.1, 0.15) is 5.75 Å². The number of rotatable bonds is 8. The molecular formula is C15H22N2O. The molecule has 0 aliphatic heterocycles. The average molecular weight is 246 g/mol. The molecule has 0 heterocycles. The monoisotopic (exact) mass is 246 g/mol. The van der Waals surface area contributed by atoms with Crippen LogP contribution in [0.15, 0.2) is 24.3 Å². The van der Waals surface area contributed by atoms with E-state index in [9.17, 15) is 0 Å². The van der Waals surface area contributed by atoms with Crippen LogP contribution >= 0.6 is 0 Å². The van der Waals surface area contributed by atoms with Crippen LogP contribution < -0.4 is 16.0 Å². The molecule has 0 spiro atoms. The van der Waals surface area contributed by atoms with Crippen molar-refractivity contribution < 1.29 is 4.74 Å². The quantitative estimate of drug-likeness (QED) is 0.321. The van der Waals surface area contributed by atoms with Gasteiger partial charge in [0.2, 0.25) is 0 Å². The average Bonchev–Trinajstić information content (AvgIpc) is 2.41. The molecule has 1 atom stereocenters. The second-order valence-corrected chi connectivity index (χ2v) is 4.23. The molecule has 98 valence electrons. The highest BCUT2D eigenvalue weighted by atomic mass is 16.5. The minimum atomic E-state index is 0.103. The molecule has 3 heteroatoms. The molecule has 1 rings (SSSR count). The highest BCUT2D eigenvalue weighted by Crippen LogP contribution is 2.20. The normalized spacial score (nSPS) is 11.8. The summed E-state index contributed by atoms with van der Waals surface area (Å²) in [6, 6.07) is 8.12. The molecule has 0 amide bonds. The predicted octanol–water partition coefficient (Wildman–Crippen LogP) is 2.78. The van der Waals surface area contributed by atoms with Crippen molar-refractivity contribution in [3.8, 4) is 18.1 Å². The number of hydrogen-bond acceptors (Lipinski definition) is 3. The molecule has 3 nitrogen and oxygen atoms in total. The summed E-state index contributed by atoms with van der Waals surface area (Å²) in [6.07, 6.45) is 9.03. The summed E-state index contributed by atoms with van der Waals surface area (Å²) in [5.74, 6) is 9.06. The molecule has 0 aliphatic rings. The van der Waals surface area contributed by atoms with E-state index in [0.29, 0.717) is 6.42 Å². The van der Waals surface area contributed by atoms with E-state index in [2.05, 4.69) is 18.3 Å². The third-order valence-corrected chi connectivity index (χ3v) is 2.83. The van der Waals surface area contributed by atoms with Crippen molar-refractivity contribution in [1.29, 1.82) is 0 Å². The van der Waals surface area contributed by atoms with E-state index < -0.39 is 0 Å².